The zero-order valence-electron chi connectivity index (χ0n) is 11.9. The molecule has 0 amide bonds. The fourth-order valence-electron chi connectivity index (χ4n) is 3.12. The number of nitrogens with zero attached hydrogens (tertiary/aromatic N) is 1. The quantitative estimate of drug-likeness (QED) is 0.919. The second-order valence-electron chi connectivity index (χ2n) is 5.82. The Morgan fingerprint density at radius 1 is 1.14 bits per heavy atom. The summed E-state index contributed by atoms with van der Waals surface area (Å²) in [7, 11) is 0. The van der Waals surface area contributed by atoms with Gasteiger partial charge in [0.25, 0.3) is 0 Å². The third kappa shape index (κ3) is 3.96. The summed E-state index contributed by atoms with van der Waals surface area (Å²) in [6.07, 6.45) is 5.77. The van der Waals surface area contributed by atoms with Crippen molar-refractivity contribution in [2.45, 2.75) is 38.1 Å². The van der Waals surface area contributed by atoms with Crippen LogP contribution >= 0.6 is 11.8 Å². The first-order valence-electron chi connectivity index (χ1n) is 7.59. The average molecular weight is 310 g/mol. The minimum absolute atomic E-state index is 0.520. The van der Waals surface area contributed by atoms with Gasteiger partial charge in [-0.15, -0.1) is 0 Å². The topological polar surface area (TPSA) is 24.4 Å². The number of benzene rings is 1. The highest BCUT2D eigenvalue weighted by Gasteiger charge is 2.29. The Balaban J connectivity index is 1.54. The highest BCUT2D eigenvalue weighted by atomic mass is 32.2. The van der Waals surface area contributed by atoms with Crippen molar-refractivity contribution in [2.75, 3.05) is 12.3 Å². The summed E-state index contributed by atoms with van der Waals surface area (Å²) in [6.45, 7) is 0.565. The first kappa shape index (κ1) is 14.8. The molecule has 2 unspecified atom stereocenters. The fourth-order valence-corrected chi connectivity index (χ4v) is 4.30. The minimum Gasteiger partial charge on any atom is -0.362 e. The largest absolute Gasteiger partial charge is 0.362 e. The van der Waals surface area contributed by atoms with Crippen LogP contribution in [0, 0.1) is 17.6 Å². The van der Waals surface area contributed by atoms with Crippen molar-refractivity contribution in [3.8, 4) is 0 Å². The van der Waals surface area contributed by atoms with E-state index in [1.807, 2.05) is 0 Å². The third-order valence-electron chi connectivity index (χ3n) is 4.23. The number of rotatable bonds is 3. The van der Waals surface area contributed by atoms with Gasteiger partial charge in [0.2, 0.25) is 0 Å². The Bertz CT molecular complexity index is 513. The van der Waals surface area contributed by atoms with Gasteiger partial charge in [-0.25, -0.2) is 8.78 Å². The molecule has 1 aliphatic heterocycles. The lowest BCUT2D eigenvalue weighted by Crippen LogP contribution is -2.46. The smallest absolute Gasteiger partial charge is 0.156 e. The van der Waals surface area contributed by atoms with Crippen LogP contribution in [-0.4, -0.2) is 23.5 Å². The normalized spacial score (nSPS) is 27.2. The molecule has 1 N–H and O–H groups in total. The Morgan fingerprint density at radius 3 is 2.71 bits per heavy atom. The zero-order chi connectivity index (χ0) is 14.7. The molecule has 2 atom stereocenters. The maximum Gasteiger partial charge on any atom is 0.156 e. The number of amidine groups is 1. The van der Waals surface area contributed by atoms with Crippen LogP contribution < -0.4 is 5.32 Å². The summed E-state index contributed by atoms with van der Waals surface area (Å²) < 4.78 is 26.2. The van der Waals surface area contributed by atoms with Crippen molar-refractivity contribution in [3.05, 3.63) is 35.4 Å². The molecule has 0 radical (unpaired) electrons. The third-order valence-corrected chi connectivity index (χ3v) is 5.35. The minimum atomic E-state index is -0.520. The summed E-state index contributed by atoms with van der Waals surface area (Å²) in [5, 5.41) is 4.52. The predicted molar refractivity (Wildman–Crippen MR) is 83.7 cm³/mol. The van der Waals surface area contributed by atoms with E-state index in [2.05, 4.69) is 10.3 Å². The van der Waals surface area contributed by atoms with Crippen molar-refractivity contribution >= 4 is 16.9 Å². The Kier molecular flexibility index (Phi) is 4.78. The van der Waals surface area contributed by atoms with Gasteiger partial charge >= 0.3 is 0 Å². The molecule has 1 aromatic carbocycles. The van der Waals surface area contributed by atoms with Crippen LogP contribution in [-0.2, 0) is 6.42 Å². The first-order chi connectivity index (χ1) is 10.2. The van der Waals surface area contributed by atoms with Gasteiger partial charge in [0.1, 0.15) is 11.6 Å². The number of nitrogens with one attached hydrogen (secondary N) is 1. The molecule has 2 aliphatic rings. The van der Waals surface area contributed by atoms with E-state index in [1.165, 1.54) is 37.8 Å². The van der Waals surface area contributed by atoms with E-state index in [1.54, 1.807) is 11.8 Å². The van der Waals surface area contributed by atoms with Gasteiger partial charge in [0, 0.05) is 24.4 Å². The summed E-state index contributed by atoms with van der Waals surface area (Å²) in [6, 6.07) is 4.23. The summed E-state index contributed by atoms with van der Waals surface area (Å²) in [4.78, 5) is 4.55. The van der Waals surface area contributed by atoms with Gasteiger partial charge in [0.05, 0.1) is 0 Å². The second-order valence-corrected chi connectivity index (χ2v) is 6.83. The van der Waals surface area contributed by atoms with Gasteiger partial charge in [-0.2, -0.15) is 0 Å². The molecule has 0 bridgehead atoms. The van der Waals surface area contributed by atoms with Crippen molar-refractivity contribution in [2.24, 2.45) is 10.9 Å². The van der Waals surface area contributed by atoms with Gasteiger partial charge in [-0.05, 0) is 42.9 Å². The molecular weight excluding hydrogens is 290 g/mol. The molecule has 1 aromatic rings. The van der Waals surface area contributed by atoms with Gasteiger partial charge in [-0.3, -0.25) is 4.99 Å². The molecule has 0 aromatic heterocycles. The SMILES string of the molecule is Fc1cc(F)cc(CCN=C2NC3CCCCC3CS2)c1. The van der Waals surface area contributed by atoms with Crippen LogP contribution in [0.3, 0.4) is 0 Å². The van der Waals surface area contributed by atoms with Crippen LogP contribution in [0.4, 0.5) is 8.78 Å². The standard InChI is InChI=1S/C16H20F2N2S/c17-13-7-11(8-14(18)9-13)5-6-19-16-20-15-4-2-1-3-12(15)10-21-16/h7-9,12,15H,1-6,10H2,(H,19,20). The lowest BCUT2D eigenvalue weighted by atomic mass is 9.86. The van der Waals surface area contributed by atoms with Crippen molar-refractivity contribution in [3.63, 3.8) is 0 Å². The first-order valence-corrected chi connectivity index (χ1v) is 8.58. The average Bonchev–Trinajstić information content (AvgIpc) is 2.46. The molecule has 21 heavy (non-hydrogen) atoms. The summed E-state index contributed by atoms with van der Waals surface area (Å²) in [5.74, 6) is 0.881. The maximum absolute atomic E-state index is 13.1. The fraction of sp³-hybridized carbons (Fsp3) is 0.562. The highest BCUT2D eigenvalue weighted by molar-refractivity contribution is 8.13. The monoisotopic (exact) mass is 310 g/mol. The Morgan fingerprint density at radius 2 is 1.90 bits per heavy atom. The number of aliphatic imine (C=N–C) groups is 1. The lowest BCUT2D eigenvalue weighted by molar-refractivity contribution is 0.311. The summed E-state index contributed by atoms with van der Waals surface area (Å²) in [5.41, 5.74) is 0.660. The van der Waals surface area contributed by atoms with Crippen molar-refractivity contribution < 1.29 is 8.78 Å². The van der Waals surface area contributed by atoms with Crippen molar-refractivity contribution in [1.29, 1.82) is 0 Å². The predicted octanol–water partition coefficient (Wildman–Crippen LogP) is 3.76. The molecular formula is C16H20F2N2S. The number of hydrogen-bond acceptors (Lipinski definition) is 2. The Hall–Kier alpha value is -1.10. The molecule has 1 heterocycles. The molecule has 114 valence electrons. The van der Waals surface area contributed by atoms with Crippen LogP contribution in [0.2, 0.25) is 0 Å². The van der Waals surface area contributed by atoms with Gasteiger partial charge < -0.3 is 5.32 Å². The molecule has 0 spiro atoms. The van der Waals surface area contributed by atoms with E-state index < -0.39 is 11.6 Å². The van der Waals surface area contributed by atoms with Crippen molar-refractivity contribution in [1.82, 2.24) is 5.32 Å². The zero-order valence-corrected chi connectivity index (χ0v) is 12.8. The molecule has 1 aliphatic carbocycles. The van der Waals surface area contributed by atoms with E-state index in [-0.39, 0.29) is 0 Å². The lowest BCUT2D eigenvalue weighted by Gasteiger charge is -2.36. The molecule has 3 rings (SSSR count). The summed E-state index contributed by atoms with van der Waals surface area (Å²) >= 11 is 1.78. The van der Waals surface area contributed by atoms with Crippen LogP contribution in [0.25, 0.3) is 0 Å². The van der Waals surface area contributed by atoms with Gasteiger partial charge in [-0.1, -0.05) is 24.6 Å². The van der Waals surface area contributed by atoms with Crippen LogP contribution in [0.5, 0.6) is 0 Å². The highest BCUT2D eigenvalue weighted by Crippen LogP contribution is 2.31. The second kappa shape index (κ2) is 6.77. The molecule has 5 heteroatoms. The number of hydrogen-bond donors (Lipinski definition) is 1. The van der Waals surface area contributed by atoms with Crippen LogP contribution in [0.15, 0.2) is 23.2 Å². The van der Waals surface area contributed by atoms with E-state index in [4.69, 9.17) is 0 Å². The Labute approximate surface area is 128 Å². The van der Waals surface area contributed by atoms with E-state index >= 15 is 0 Å². The number of thioether (sulfide) groups is 1. The maximum atomic E-state index is 13.1. The number of halogens is 2. The van der Waals surface area contributed by atoms with Gasteiger partial charge in [0.15, 0.2) is 5.17 Å². The number of fused-ring (bicyclic) bond motifs is 1. The van der Waals surface area contributed by atoms with E-state index in [0.29, 0.717) is 24.6 Å². The molecule has 2 nitrogen and oxygen atoms in total. The van der Waals surface area contributed by atoms with E-state index in [0.717, 1.165) is 22.9 Å². The van der Waals surface area contributed by atoms with E-state index in [9.17, 15) is 8.78 Å². The van der Waals surface area contributed by atoms with Crippen LogP contribution in [0.1, 0.15) is 31.2 Å². The molecule has 1 saturated carbocycles. The molecule has 2 fully saturated rings. The molecule has 1 saturated heterocycles.